The third-order valence-electron chi connectivity index (χ3n) is 4.07. The molecule has 0 unspecified atom stereocenters. The second kappa shape index (κ2) is 10.0. The number of benzene rings is 3. The highest BCUT2D eigenvalue weighted by Crippen LogP contribution is 2.27. The Morgan fingerprint density at radius 1 is 0.760 bits per heavy atom. The molecule has 25 heavy (non-hydrogen) atoms. The molecule has 3 rings (SSSR count). The van der Waals surface area contributed by atoms with Crippen LogP contribution >= 0.6 is 12.6 Å². The number of nitrogens with zero attached hydrogens (tertiary/aromatic N) is 1. The van der Waals surface area contributed by atoms with E-state index in [1.807, 2.05) is 45.0 Å². The Labute approximate surface area is 158 Å². The number of rotatable bonds is 1. The summed E-state index contributed by atoms with van der Waals surface area (Å²) in [5.41, 5.74) is 6.12. The maximum Gasteiger partial charge on any atom is 0.0622 e. The minimum absolute atomic E-state index is 0.931. The molecule has 0 atom stereocenters. The SMILES string of the molecule is C=Nc1ccc(C)cc1.CC.Cc1ccc2cc(S)c(C)c(C)c2c1. The van der Waals surface area contributed by atoms with E-state index >= 15 is 0 Å². The van der Waals surface area contributed by atoms with E-state index in [0.29, 0.717) is 0 Å². The summed E-state index contributed by atoms with van der Waals surface area (Å²) in [5, 5.41) is 2.63. The Bertz CT molecular complexity index is 833. The molecule has 0 heterocycles. The van der Waals surface area contributed by atoms with Crippen molar-refractivity contribution in [2.45, 2.75) is 46.4 Å². The van der Waals surface area contributed by atoms with E-state index in [2.05, 4.69) is 69.4 Å². The highest BCUT2D eigenvalue weighted by atomic mass is 32.1. The largest absolute Gasteiger partial charge is 0.265 e. The van der Waals surface area contributed by atoms with Crippen molar-refractivity contribution in [2.75, 3.05) is 0 Å². The summed E-state index contributed by atoms with van der Waals surface area (Å²) in [6.45, 7) is 15.9. The molecule has 0 spiro atoms. The average Bonchev–Trinajstić information content (AvgIpc) is 2.63. The van der Waals surface area contributed by atoms with E-state index < -0.39 is 0 Å². The Kier molecular flexibility index (Phi) is 8.44. The standard InChI is InChI=1S/C13H14S.C8H9N.C2H6/c1-8-4-5-11-7-13(14)10(3)9(2)12(11)6-8;1-7-3-5-8(9-2)6-4-7;1-2/h4-7,14H,1-3H3;3-6H,2H2,1H3;1-2H3. The lowest BCUT2D eigenvalue weighted by Gasteiger charge is -2.09. The Morgan fingerprint density at radius 3 is 1.88 bits per heavy atom. The van der Waals surface area contributed by atoms with E-state index in [0.717, 1.165) is 10.6 Å². The van der Waals surface area contributed by atoms with Crippen LogP contribution in [0.1, 0.15) is 36.1 Å². The van der Waals surface area contributed by atoms with Gasteiger partial charge in [-0.15, -0.1) is 12.6 Å². The van der Waals surface area contributed by atoms with E-state index in [4.69, 9.17) is 0 Å². The van der Waals surface area contributed by atoms with Crippen molar-refractivity contribution in [3.8, 4) is 0 Å². The fourth-order valence-electron chi connectivity index (χ4n) is 2.42. The van der Waals surface area contributed by atoms with Crippen molar-refractivity contribution in [3.05, 3.63) is 70.8 Å². The summed E-state index contributed by atoms with van der Waals surface area (Å²) in [6, 6.07) is 16.6. The summed E-state index contributed by atoms with van der Waals surface area (Å²) < 4.78 is 0. The van der Waals surface area contributed by atoms with Gasteiger partial charge in [0.1, 0.15) is 0 Å². The van der Waals surface area contributed by atoms with E-state index in [9.17, 15) is 0 Å². The van der Waals surface area contributed by atoms with Crippen LogP contribution in [0.4, 0.5) is 5.69 Å². The normalized spacial score (nSPS) is 9.56. The highest BCUT2D eigenvalue weighted by Gasteiger charge is 2.04. The zero-order valence-electron chi connectivity index (χ0n) is 16.2. The molecule has 0 aliphatic carbocycles. The first kappa shape index (κ1) is 21.0. The third kappa shape index (κ3) is 5.75. The minimum atomic E-state index is 0.931. The first-order valence-electron chi connectivity index (χ1n) is 8.65. The zero-order chi connectivity index (χ0) is 19.0. The van der Waals surface area contributed by atoms with Crippen LogP contribution in [0, 0.1) is 27.7 Å². The topological polar surface area (TPSA) is 12.4 Å². The van der Waals surface area contributed by atoms with Gasteiger partial charge in [0.2, 0.25) is 0 Å². The van der Waals surface area contributed by atoms with Crippen molar-refractivity contribution in [1.82, 2.24) is 0 Å². The van der Waals surface area contributed by atoms with Gasteiger partial charge >= 0.3 is 0 Å². The molecule has 3 aromatic rings. The molecular formula is C23H29NS. The van der Waals surface area contributed by atoms with Crippen LogP contribution < -0.4 is 0 Å². The van der Waals surface area contributed by atoms with Crippen molar-refractivity contribution in [3.63, 3.8) is 0 Å². The summed E-state index contributed by atoms with van der Waals surface area (Å²) >= 11 is 4.47. The van der Waals surface area contributed by atoms with E-state index in [1.54, 1.807) is 0 Å². The van der Waals surface area contributed by atoms with Gasteiger partial charge in [-0.05, 0) is 74.5 Å². The van der Waals surface area contributed by atoms with Gasteiger partial charge in [0.25, 0.3) is 0 Å². The van der Waals surface area contributed by atoms with Gasteiger partial charge < -0.3 is 0 Å². The van der Waals surface area contributed by atoms with Crippen molar-refractivity contribution < 1.29 is 0 Å². The molecule has 1 nitrogen and oxygen atoms in total. The van der Waals surface area contributed by atoms with Crippen LogP contribution in [-0.4, -0.2) is 6.72 Å². The Hall–Kier alpha value is -2.06. The fraction of sp³-hybridized carbons (Fsp3) is 0.261. The third-order valence-corrected chi connectivity index (χ3v) is 4.53. The Balaban J connectivity index is 0.000000246. The maximum absolute atomic E-state index is 4.47. The smallest absolute Gasteiger partial charge is 0.0622 e. The van der Waals surface area contributed by atoms with Gasteiger partial charge in [0.15, 0.2) is 0 Å². The molecule has 0 aliphatic rings. The molecule has 2 heteroatoms. The molecule has 0 radical (unpaired) electrons. The van der Waals surface area contributed by atoms with Crippen molar-refractivity contribution in [1.29, 1.82) is 0 Å². The average molecular weight is 352 g/mol. The fourth-order valence-corrected chi connectivity index (χ4v) is 2.73. The molecule has 0 bridgehead atoms. The first-order valence-corrected chi connectivity index (χ1v) is 9.10. The second-order valence-electron chi connectivity index (χ2n) is 5.86. The lowest BCUT2D eigenvalue weighted by atomic mass is 9.99. The number of aliphatic imine (C=N–C) groups is 1. The first-order chi connectivity index (χ1) is 11.9. The van der Waals surface area contributed by atoms with Crippen molar-refractivity contribution in [2.24, 2.45) is 4.99 Å². The second-order valence-corrected chi connectivity index (χ2v) is 6.35. The van der Waals surface area contributed by atoms with Crippen LogP contribution in [0.2, 0.25) is 0 Å². The molecular weight excluding hydrogens is 322 g/mol. The summed E-state index contributed by atoms with van der Waals surface area (Å²) in [7, 11) is 0. The van der Waals surface area contributed by atoms with Crippen LogP contribution in [-0.2, 0) is 0 Å². The van der Waals surface area contributed by atoms with Gasteiger partial charge in [0.05, 0.1) is 5.69 Å². The van der Waals surface area contributed by atoms with Gasteiger partial charge in [-0.3, -0.25) is 4.99 Å². The van der Waals surface area contributed by atoms with Crippen LogP contribution in [0.5, 0.6) is 0 Å². The molecule has 0 saturated carbocycles. The predicted molar refractivity (Wildman–Crippen MR) is 117 cm³/mol. The number of thiol groups is 1. The zero-order valence-corrected chi connectivity index (χ0v) is 17.1. The van der Waals surface area contributed by atoms with E-state index in [1.165, 1.54) is 33.0 Å². The van der Waals surface area contributed by atoms with Crippen LogP contribution in [0.3, 0.4) is 0 Å². The molecule has 0 amide bonds. The Morgan fingerprint density at radius 2 is 1.32 bits per heavy atom. The van der Waals surface area contributed by atoms with E-state index in [-0.39, 0.29) is 0 Å². The lowest BCUT2D eigenvalue weighted by Crippen LogP contribution is -1.87. The minimum Gasteiger partial charge on any atom is -0.265 e. The number of hydrogen-bond donors (Lipinski definition) is 1. The molecule has 0 aliphatic heterocycles. The number of aryl methyl sites for hydroxylation is 3. The molecule has 0 saturated heterocycles. The van der Waals surface area contributed by atoms with Crippen molar-refractivity contribution >= 4 is 35.8 Å². The van der Waals surface area contributed by atoms with Gasteiger partial charge in [-0.1, -0.05) is 55.3 Å². The predicted octanol–water partition coefficient (Wildman–Crippen LogP) is 7.41. The molecule has 0 aromatic heterocycles. The van der Waals surface area contributed by atoms with Gasteiger partial charge in [-0.25, -0.2) is 0 Å². The van der Waals surface area contributed by atoms with Crippen LogP contribution in [0.15, 0.2) is 58.4 Å². The quantitative estimate of drug-likeness (QED) is 0.346. The molecule has 0 fully saturated rings. The van der Waals surface area contributed by atoms with Gasteiger partial charge in [-0.2, -0.15) is 0 Å². The summed E-state index contributed by atoms with van der Waals surface area (Å²) in [5.74, 6) is 0. The lowest BCUT2D eigenvalue weighted by molar-refractivity contribution is 1.27. The molecule has 3 aromatic carbocycles. The van der Waals surface area contributed by atoms with Crippen LogP contribution in [0.25, 0.3) is 10.8 Å². The number of hydrogen-bond acceptors (Lipinski definition) is 2. The highest BCUT2D eigenvalue weighted by molar-refractivity contribution is 7.80. The maximum atomic E-state index is 4.47. The molecule has 132 valence electrons. The monoisotopic (exact) mass is 351 g/mol. The number of fused-ring (bicyclic) bond motifs is 1. The van der Waals surface area contributed by atoms with Gasteiger partial charge in [0, 0.05) is 4.90 Å². The molecule has 0 N–H and O–H groups in total. The summed E-state index contributed by atoms with van der Waals surface area (Å²) in [6.07, 6.45) is 0. The summed E-state index contributed by atoms with van der Waals surface area (Å²) in [4.78, 5) is 4.84.